The highest BCUT2D eigenvalue weighted by molar-refractivity contribution is 5.79. The van der Waals surface area contributed by atoms with Crippen molar-refractivity contribution >= 4 is 11.7 Å². The summed E-state index contributed by atoms with van der Waals surface area (Å²) < 4.78 is 94.0. The number of allylic oxidation sites excluding steroid dienone is 1. The Hall–Kier alpha value is -4.10. The normalized spacial score (nSPS) is 20.7. The van der Waals surface area contributed by atoms with Crippen LogP contribution >= 0.6 is 0 Å². The van der Waals surface area contributed by atoms with E-state index in [0.29, 0.717) is 36.5 Å². The fraction of sp³-hybridized carbons (Fsp3) is 0.467. The minimum Gasteiger partial charge on any atom is -0.496 e. The van der Waals surface area contributed by atoms with Crippen LogP contribution in [0.1, 0.15) is 68.4 Å². The zero-order valence-corrected chi connectivity index (χ0v) is 24.7. The van der Waals surface area contributed by atoms with E-state index in [2.05, 4.69) is 29.4 Å². The summed E-state index contributed by atoms with van der Waals surface area (Å²) in [6, 6.07) is 5.97. The molecule has 0 spiro atoms. The predicted octanol–water partition coefficient (Wildman–Crippen LogP) is 7.47. The smallest absolute Gasteiger partial charge is 0.416 e. The first-order chi connectivity index (χ1) is 20.5. The molecule has 2 aliphatic rings. The molecule has 1 aliphatic heterocycles. The van der Waals surface area contributed by atoms with Gasteiger partial charge in [0.15, 0.2) is 5.82 Å². The Morgan fingerprint density at radius 3 is 2.27 bits per heavy atom. The van der Waals surface area contributed by atoms with Gasteiger partial charge >= 0.3 is 18.4 Å². The number of cyclic esters (lactones) is 1. The number of alkyl halides is 6. The molecule has 1 aromatic heterocycles. The second-order valence-electron chi connectivity index (χ2n) is 12.0. The highest BCUT2D eigenvalue weighted by Gasteiger charge is 2.44. The third kappa shape index (κ3) is 6.11. The van der Waals surface area contributed by atoms with Crippen LogP contribution in [-0.2, 0) is 24.1 Å². The third-order valence-electron chi connectivity index (χ3n) is 8.27. The SMILES string of the molecule is COc1ccc(-c2nnnn2C)cc1C1=C(CN2C(=O)O[C@H](c3cc(C(F)(F)F)cc(C(F)(F)F)c3)[C@@H]2C)CC(C)(C)CC1. The maximum absolute atomic E-state index is 13.5. The van der Waals surface area contributed by atoms with Crippen LogP contribution < -0.4 is 4.74 Å². The van der Waals surface area contributed by atoms with Crippen molar-refractivity contribution in [2.24, 2.45) is 12.5 Å². The molecule has 44 heavy (non-hydrogen) atoms. The molecule has 0 radical (unpaired) electrons. The topological polar surface area (TPSA) is 82.4 Å². The largest absolute Gasteiger partial charge is 0.496 e. The molecule has 0 bridgehead atoms. The number of carbonyl (C=O) groups excluding carboxylic acids is 1. The van der Waals surface area contributed by atoms with E-state index in [1.807, 2.05) is 12.1 Å². The third-order valence-corrected chi connectivity index (χ3v) is 8.27. The summed E-state index contributed by atoms with van der Waals surface area (Å²) >= 11 is 0. The van der Waals surface area contributed by atoms with Gasteiger partial charge in [-0.15, -0.1) is 5.10 Å². The highest BCUT2D eigenvalue weighted by Crippen LogP contribution is 2.47. The molecule has 2 aromatic carbocycles. The molecule has 8 nitrogen and oxygen atoms in total. The monoisotopic (exact) mass is 623 g/mol. The van der Waals surface area contributed by atoms with E-state index in [1.54, 1.807) is 27.1 Å². The van der Waals surface area contributed by atoms with Crippen LogP contribution in [0.5, 0.6) is 5.75 Å². The minimum absolute atomic E-state index is 0.0580. The molecular formula is C30H31F6N5O3. The Morgan fingerprint density at radius 1 is 1.05 bits per heavy atom. The Kier molecular flexibility index (Phi) is 7.91. The molecule has 1 aliphatic carbocycles. The van der Waals surface area contributed by atoms with Crippen molar-refractivity contribution < 1.29 is 40.6 Å². The van der Waals surface area contributed by atoms with Gasteiger partial charge in [0, 0.05) is 24.7 Å². The lowest BCUT2D eigenvalue weighted by atomic mass is 9.72. The van der Waals surface area contributed by atoms with Crippen molar-refractivity contribution in [3.05, 3.63) is 64.2 Å². The van der Waals surface area contributed by atoms with E-state index >= 15 is 0 Å². The summed E-state index contributed by atoms with van der Waals surface area (Å²) in [7, 11) is 3.26. The number of nitrogens with zero attached hydrogens (tertiary/aromatic N) is 5. The standard InChI is InChI=1S/C30H31F6N5O3/c1-16-25(18-10-20(29(31,32)33)13-21(11-18)30(34,35)36)44-27(42)41(16)15-19-14-28(2,3)9-8-22(19)23-12-17(6-7-24(23)43-5)26-37-38-39-40(26)4/h6-7,10-13,16,25H,8-9,14-15H2,1-5H3/t16-,25-/m0/s1. The molecule has 1 saturated heterocycles. The number of tetrazole rings is 1. The van der Waals surface area contributed by atoms with Crippen LogP contribution in [-0.4, -0.2) is 50.9 Å². The first kappa shape index (κ1) is 31.3. The fourth-order valence-corrected chi connectivity index (χ4v) is 5.95. The fourth-order valence-electron chi connectivity index (χ4n) is 5.95. The van der Waals surface area contributed by atoms with Crippen LogP contribution in [0.25, 0.3) is 17.0 Å². The molecule has 14 heteroatoms. The van der Waals surface area contributed by atoms with Crippen molar-refractivity contribution in [1.29, 1.82) is 0 Å². The van der Waals surface area contributed by atoms with Gasteiger partial charge in [0.1, 0.15) is 11.9 Å². The zero-order valence-electron chi connectivity index (χ0n) is 24.7. The van der Waals surface area contributed by atoms with Gasteiger partial charge in [-0.2, -0.15) is 26.3 Å². The number of hydrogen-bond donors (Lipinski definition) is 0. The maximum Gasteiger partial charge on any atom is 0.416 e. The van der Waals surface area contributed by atoms with Gasteiger partial charge in [0.05, 0.1) is 24.3 Å². The van der Waals surface area contributed by atoms with Crippen molar-refractivity contribution in [2.75, 3.05) is 13.7 Å². The molecule has 3 aromatic rings. The van der Waals surface area contributed by atoms with Crippen LogP contribution in [0.3, 0.4) is 0 Å². The maximum atomic E-state index is 13.5. The summed E-state index contributed by atoms with van der Waals surface area (Å²) in [5, 5.41) is 11.7. The second-order valence-corrected chi connectivity index (χ2v) is 12.0. The number of amides is 1. The van der Waals surface area contributed by atoms with Gasteiger partial charge in [0.2, 0.25) is 0 Å². The Morgan fingerprint density at radius 2 is 1.70 bits per heavy atom. The molecule has 1 amide bonds. The lowest BCUT2D eigenvalue weighted by Crippen LogP contribution is -2.35. The van der Waals surface area contributed by atoms with Crippen molar-refractivity contribution in [3.8, 4) is 17.1 Å². The number of methoxy groups -OCH3 is 1. The molecule has 1 fully saturated rings. The predicted molar refractivity (Wildman–Crippen MR) is 147 cm³/mol. The molecule has 236 valence electrons. The minimum atomic E-state index is -5.02. The molecule has 2 heterocycles. The zero-order chi connectivity index (χ0) is 32.2. The van der Waals surface area contributed by atoms with Crippen molar-refractivity contribution in [2.45, 2.75) is 64.5 Å². The summed E-state index contributed by atoms with van der Waals surface area (Å²) in [5.41, 5.74) is -0.0996. The van der Waals surface area contributed by atoms with Gasteiger partial charge in [-0.25, -0.2) is 9.48 Å². The molecule has 0 N–H and O–H groups in total. The quantitative estimate of drug-likeness (QED) is 0.265. The molecule has 5 rings (SSSR count). The number of halogens is 6. The lowest BCUT2D eigenvalue weighted by molar-refractivity contribution is -0.143. The van der Waals surface area contributed by atoms with Gasteiger partial charge in [0.25, 0.3) is 0 Å². The molecule has 0 unspecified atom stereocenters. The van der Waals surface area contributed by atoms with Crippen molar-refractivity contribution in [3.63, 3.8) is 0 Å². The number of ether oxygens (including phenoxy) is 2. The number of carbonyl (C=O) groups is 1. The first-order valence-corrected chi connectivity index (χ1v) is 13.9. The molecular weight excluding hydrogens is 592 g/mol. The van der Waals surface area contributed by atoms with Crippen LogP contribution in [0.15, 0.2) is 42.0 Å². The average Bonchev–Trinajstić information content (AvgIpc) is 3.49. The van der Waals surface area contributed by atoms with Gasteiger partial charge in [-0.1, -0.05) is 13.8 Å². The Bertz CT molecular complexity index is 1580. The number of rotatable bonds is 6. The summed E-state index contributed by atoms with van der Waals surface area (Å²) in [4.78, 5) is 14.5. The average molecular weight is 624 g/mol. The number of aromatic nitrogens is 4. The van der Waals surface area contributed by atoms with Crippen molar-refractivity contribution in [1.82, 2.24) is 25.1 Å². The second kappa shape index (κ2) is 11.1. The van der Waals surface area contributed by atoms with Gasteiger partial charge in [-0.05, 0) is 95.1 Å². The van der Waals surface area contributed by atoms with E-state index in [0.717, 1.165) is 28.7 Å². The van der Waals surface area contributed by atoms with Gasteiger partial charge in [-0.3, -0.25) is 4.90 Å². The summed E-state index contributed by atoms with van der Waals surface area (Å²) in [6.45, 7) is 5.82. The van der Waals surface area contributed by atoms with Crippen LogP contribution in [0.2, 0.25) is 0 Å². The first-order valence-electron chi connectivity index (χ1n) is 13.9. The van der Waals surface area contributed by atoms with E-state index in [9.17, 15) is 31.1 Å². The lowest BCUT2D eigenvalue weighted by Gasteiger charge is -2.36. The van der Waals surface area contributed by atoms with E-state index in [4.69, 9.17) is 9.47 Å². The Balaban J connectivity index is 1.54. The van der Waals surface area contributed by atoms with E-state index < -0.39 is 41.7 Å². The van der Waals surface area contributed by atoms with Gasteiger partial charge < -0.3 is 9.47 Å². The number of benzene rings is 2. The highest BCUT2D eigenvalue weighted by atomic mass is 19.4. The number of aryl methyl sites for hydroxylation is 1. The van der Waals surface area contributed by atoms with E-state index in [-0.39, 0.29) is 23.6 Å². The van der Waals surface area contributed by atoms with E-state index in [1.165, 1.54) is 9.58 Å². The Labute approximate surface area is 249 Å². The molecule has 0 saturated carbocycles. The van der Waals surface area contributed by atoms with Crippen LogP contribution in [0, 0.1) is 5.41 Å². The summed E-state index contributed by atoms with van der Waals surface area (Å²) in [6.07, 6.45) is -10.2. The molecule has 2 atom stereocenters. The van der Waals surface area contributed by atoms with Crippen LogP contribution in [0.4, 0.5) is 31.1 Å². The summed E-state index contributed by atoms with van der Waals surface area (Å²) in [5.74, 6) is 1.13. The number of hydrogen-bond acceptors (Lipinski definition) is 6.